The number of carboxylic acids is 1. The number of carbonyl (C=O) groups is 1. The SMILES string of the molecule is Cc1cc(C(C)(C)C#N)cc(F)c1C(=O)O.Cc1cc(C(C)(C)C#N)cc(F)c1C1=[N+](C)C(C)(C)CO1.[I-]. The van der Waals surface area contributed by atoms with Crippen LogP contribution < -0.4 is 24.0 Å². The fourth-order valence-corrected chi connectivity index (χ4v) is 3.83. The Hall–Kier alpha value is -3.05. The van der Waals surface area contributed by atoms with E-state index in [2.05, 4.69) is 19.9 Å². The van der Waals surface area contributed by atoms with Crippen LogP contribution in [-0.2, 0) is 15.6 Å². The van der Waals surface area contributed by atoms with Crippen LogP contribution in [0.2, 0.25) is 0 Å². The fraction of sp³-hybridized carbons (Fsp3) is 0.448. The molecule has 0 amide bonds. The van der Waals surface area contributed by atoms with Gasteiger partial charge in [-0.3, -0.25) is 0 Å². The van der Waals surface area contributed by atoms with Gasteiger partial charge in [0.1, 0.15) is 24.2 Å². The van der Waals surface area contributed by atoms with Crippen LogP contribution in [0.5, 0.6) is 0 Å². The van der Waals surface area contributed by atoms with E-state index in [-0.39, 0.29) is 40.9 Å². The molecule has 2 aromatic rings. The van der Waals surface area contributed by atoms with Gasteiger partial charge in [0.05, 0.1) is 28.5 Å². The Morgan fingerprint density at radius 3 is 1.76 bits per heavy atom. The molecule has 0 saturated heterocycles. The second kappa shape index (κ2) is 11.8. The molecule has 6 nitrogen and oxygen atoms in total. The predicted octanol–water partition coefficient (Wildman–Crippen LogP) is 2.77. The molecule has 0 spiro atoms. The molecule has 0 bridgehead atoms. The van der Waals surface area contributed by atoms with E-state index in [0.29, 0.717) is 34.8 Å². The average Bonchev–Trinajstić information content (AvgIpc) is 3.05. The Morgan fingerprint density at radius 2 is 1.42 bits per heavy atom. The Bertz CT molecular complexity index is 1320. The molecule has 0 unspecified atom stereocenters. The number of hydrogen-bond acceptors (Lipinski definition) is 4. The van der Waals surface area contributed by atoms with Crippen molar-refractivity contribution < 1.29 is 52.0 Å². The minimum absolute atomic E-state index is 0. The highest BCUT2D eigenvalue weighted by Crippen LogP contribution is 2.29. The first-order chi connectivity index (χ1) is 16.9. The molecule has 3 rings (SSSR count). The first-order valence-corrected chi connectivity index (χ1v) is 11.8. The van der Waals surface area contributed by atoms with Crippen molar-refractivity contribution in [1.82, 2.24) is 0 Å². The summed E-state index contributed by atoms with van der Waals surface area (Å²) < 4.78 is 35.8. The zero-order valence-electron chi connectivity index (χ0n) is 23.3. The van der Waals surface area contributed by atoms with E-state index < -0.39 is 22.6 Å². The van der Waals surface area contributed by atoms with Crippen molar-refractivity contribution in [1.29, 1.82) is 10.5 Å². The van der Waals surface area contributed by atoms with Gasteiger partial charge in [-0.25, -0.2) is 13.6 Å². The molecule has 0 fully saturated rings. The molecular weight excluding hydrogens is 603 g/mol. The molecule has 0 atom stereocenters. The second-order valence-corrected chi connectivity index (χ2v) is 11.0. The summed E-state index contributed by atoms with van der Waals surface area (Å²) in [6.45, 7) is 14.9. The molecule has 204 valence electrons. The predicted molar refractivity (Wildman–Crippen MR) is 137 cm³/mol. The number of hydrogen-bond donors (Lipinski definition) is 1. The van der Waals surface area contributed by atoms with Gasteiger partial charge < -0.3 is 33.8 Å². The van der Waals surface area contributed by atoms with Crippen LogP contribution in [0.25, 0.3) is 0 Å². The third kappa shape index (κ3) is 6.68. The largest absolute Gasteiger partial charge is 1.00 e. The van der Waals surface area contributed by atoms with Crippen LogP contribution in [0, 0.1) is 48.1 Å². The lowest BCUT2D eigenvalue weighted by Gasteiger charge is -2.17. The van der Waals surface area contributed by atoms with Crippen LogP contribution in [-0.4, -0.2) is 40.7 Å². The van der Waals surface area contributed by atoms with Crippen molar-refractivity contribution in [3.63, 3.8) is 0 Å². The number of aromatic carboxylic acids is 1. The Morgan fingerprint density at radius 1 is 0.974 bits per heavy atom. The third-order valence-corrected chi connectivity index (χ3v) is 6.78. The lowest BCUT2D eigenvalue weighted by Crippen LogP contribution is -3.00. The summed E-state index contributed by atoms with van der Waals surface area (Å²) in [7, 11) is 1.91. The van der Waals surface area contributed by atoms with Gasteiger partial charge >= 0.3 is 11.9 Å². The van der Waals surface area contributed by atoms with E-state index in [4.69, 9.17) is 15.1 Å². The number of ether oxygens (including phenoxy) is 1. The maximum absolute atomic E-state index is 14.6. The summed E-state index contributed by atoms with van der Waals surface area (Å²) in [6.07, 6.45) is 0. The number of rotatable bonds is 4. The fourth-order valence-electron chi connectivity index (χ4n) is 3.83. The molecule has 1 aliphatic heterocycles. The van der Waals surface area contributed by atoms with Crippen molar-refractivity contribution in [2.75, 3.05) is 13.7 Å². The van der Waals surface area contributed by atoms with Gasteiger partial charge in [0.15, 0.2) is 12.1 Å². The highest BCUT2D eigenvalue weighted by Gasteiger charge is 2.42. The maximum atomic E-state index is 14.6. The molecule has 1 N–H and O–H groups in total. The number of benzene rings is 2. The van der Waals surface area contributed by atoms with Crippen molar-refractivity contribution >= 4 is 11.9 Å². The third-order valence-electron chi connectivity index (χ3n) is 6.78. The van der Waals surface area contributed by atoms with Gasteiger partial charge in [-0.15, -0.1) is 0 Å². The van der Waals surface area contributed by atoms with E-state index in [0.717, 1.165) is 11.6 Å². The van der Waals surface area contributed by atoms with Crippen molar-refractivity contribution in [3.05, 3.63) is 69.3 Å². The van der Waals surface area contributed by atoms with Gasteiger partial charge in [-0.2, -0.15) is 15.1 Å². The van der Waals surface area contributed by atoms with E-state index in [1.54, 1.807) is 27.7 Å². The smallest absolute Gasteiger partial charge is 0.373 e. The molecule has 0 saturated carbocycles. The first-order valence-electron chi connectivity index (χ1n) is 11.8. The summed E-state index contributed by atoms with van der Waals surface area (Å²) in [6, 6.07) is 10.2. The Balaban J connectivity index is 0.000000384. The van der Waals surface area contributed by atoms with Crippen LogP contribution >= 0.6 is 0 Å². The number of likely N-dealkylation sites (N-methyl/N-ethyl adjacent to an activating group) is 1. The van der Waals surface area contributed by atoms with E-state index >= 15 is 0 Å². The van der Waals surface area contributed by atoms with Gasteiger partial charge in [0, 0.05) is 13.8 Å². The number of carboxylic acid groups (broad SMARTS) is 1. The number of nitriles is 2. The zero-order valence-corrected chi connectivity index (χ0v) is 25.4. The Labute approximate surface area is 240 Å². The van der Waals surface area contributed by atoms with Crippen molar-refractivity contribution in [3.8, 4) is 12.1 Å². The molecule has 0 aliphatic carbocycles. The monoisotopic (exact) mass is 637 g/mol. The van der Waals surface area contributed by atoms with Gasteiger partial charge in [-0.1, -0.05) is 12.1 Å². The lowest BCUT2D eigenvalue weighted by molar-refractivity contribution is -0.562. The van der Waals surface area contributed by atoms with Gasteiger partial charge in [-0.05, 0) is 75.9 Å². The van der Waals surface area contributed by atoms with Gasteiger partial charge in [0.2, 0.25) is 0 Å². The summed E-state index contributed by atoms with van der Waals surface area (Å²) in [4.78, 5) is 10.8. The average molecular weight is 638 g/mol. The Kier molecular flexibility index (Phi) is 10.2. The molecule has 0 radical (unpaired) electrons. The van der Waals surface area contributed by atoms with Crippen molar-refractivity contribution in [2.24, 2.45) is 0 Å². The quantitative estimate of drug-likeness (QED) is 0.411. The minimum atomic E-state index is -1.30. The molecule has 38 heavy (non-hydrogen) atoms. The maximum Gasteiger partial charge on any atom is 0.373 e. The standard InChI is InChI=1S/C17H22FN2O.C12H12FNO2.HI/c1-11-7-12(16(2,3)9-19)8-13(18)14(11)15-20(6)17(4,5)10-21-15;1-7-4-8(12(2,3)6-14)5-9(13)10(7)11(15)16;/h7-8H,10H2,1-6H3;4-5H,1-3H3,(H,15,16);1H/q+1;;/p-1. The molecule has 2 aromatic carbocycles. The van der Waals surface area contributed by atoms with Crippen molar-refractivity contribution in [2.45, 2.75) is 71.8 Å². The highest BCUT2D eigenvalue weighted by molar-refractivity contribution is 5.93. The van der Waals surface area contributed by atoms with Crippen LogP contribution in [0.15, 0.2) is 24.3 Å². The summed E-state index contributed by atoms with van der Waals surface area (Å²) in [5.41, 5.74) is 0.730. The normalized spacial score (nSPS) is 14.3. The lowest BCUT2D eigenvalue weighted by atomic mass is 9.84. The summed E-state index contributed by atoms with van der Waals surface area (Å²) >= 11 is 0. The summed E-state index contributed by atoms with van der Waals surface area (Å²) in [5.74, 6) is -1.87. The topological polar surface area (TPSA) is 97.1 Å². The first kappa shape index (κ1) is 33.0. The van der Waals surface area contributed by atoms with Crippen LogP contribution in [0.1, 0.15) is 79.7 Å². The van der Waals surface area contributed by atoms with E-state index in [9.17, 15) is 18.8 Å². The highest BCUT2D eigenvalue weighted by atomic mass is 127. The van der Waals surface area contributed by atoms with E-state index in [1.807, 2.05) is 30.7 Å². The molecule has 1 aliphatic rings. The van der Waals surface area contributed by atoms with Gasteiger partial charge in [0.25, 0.3) is 0 Å². The van der Waals surface area contributed by atoms with Crippen LogP contribution in [0.3, 0.4) is 0 Å². The molecule has 9 heteroatoms. The number of aryl methyl sites for hydroxylation is 2. The van der Waals surface area contributed by atoms with Crippen LogP contribution in [0.4, 0.5) is 8.78 Å². The van der Waals surface area contributed by atoms with E-state index in [1.165, 1.54) is 19.1 Å². The number of nitrogens with zero attached hydrogens (tertiary/aromatic N) is 3. The molecule has 1 heterocycles. The minimum Gasteiger partial charge on any atom is -1.00 e. The zero-order chi connectivity index (χ0) is 28.5. The summed E-state index contributed by atoms with van der Waals surface area (Å²) in [5, 5.41) is 26.9. The second-order valence-electron chi connectivity index (χ2n) is 11.0. The number of halogens is 3. The molecular formula is C29H34F2IN3O3. The molecule has 0 aromatic heterocycles.